The average Bonchev–Trinajstić information content (AvgIpc) is 2.48. The SMILES string of the molecule is COC(=O)c1cc(C)ccc1NS(=O)(=O)Cc1ccccc1. The summed E-state index contributed by atoms with van der Waals surface area (Å²) in [5.41, 5.74) is 1.92. The second kappa shape index (κ2) is 6.62. The van der Waals surface area contributed by atoms with E-state index in [0.717, 1.165) is 5.56 Å². The highest BCUT2D eigenvalue weighted by Crippen LogP contribution is 2.21. The Labute approximate surface area is 130 Å². The summed E-state index contributed by atoms with van der Waals surface area (Å²) in [6.45, 7) is 1.81. The van der Waals surface area contributed by atoms with Crippen LogP contribution in [-0.2, 0) is 20.5 Å². The fourth-order valence-corrected chi connectivity index (χ4v) is 3.24. The van der Waals surface area contributed by atoms with Crippen molar-refractivity contribution < 1.29 is 17.9 Å². The third-order valence-electron chi connectivity index (χ3n) is 3.05. The van der Waals surface area contributed by atoms with E-state index < -0.39 is 16.0 Å². The van der Waals surface area contributed by atoms with Gasteiger partial charge >= 0.3 is 5.97 Å². The van der Waals surface area contributed by atoms with Gasteiger partial charge in [0.15, 0.2) is 0 Å². The van der Waals surface area contributed by atoms with Crippen molar-refractivity contribution in [2.75, 3.05) is 11.8 Å². The molecule has 0 bridgehead atoms. The summed E-state index contributed by atoms with van der Waals surface area (Å²) in [4.78, 5) is 11.8. The maximum absolute atomic E-state index is 12.3. The molecule has 0 aliphatic rings. The van der Waals surface area contributed by atoms with Crippen molar-refractivity contribution >= 4 is 21.7 Å². The first kappa shape index (κ1) is 16.0. The Hall–Kier alpha value is -2.34. The van der Waals surface area contributed by atoms with Crippen molar-refractivity contribution in [1.82, 2.24) is 0 Å². The summed E-state index contributed by atoms with van der Waals surface area (Å²) >= 11 is 0. The molecular formula is C16H17NO4S. The number of hydrogen-bond donors (Lipinski definition) is 1. The Morgan fingerprint density at radius 3 is 2.45 bits per heavy atom. The second-order valence-electron chi connectivity index (χ2n) is 4.89. The van der Waals surface area contributed by atoms with Crippen LogP contribution in [0.15, 0.2) is 48.5 Å². The molecule has 5 nitrogen and oxygen atoms in total. The van der Waals surface area contributed by atoms with Gasteiger partial charge in [-0.1, -0.05) is 42.0 Å². The minimum Gasteiger partial charge on any atom is -0.465 e. The van der Waals surface area contributed by atoms with E-state index in [1.165, 1.54) is 7.11 Å². The first-order valence-electron chi connectivity index (χ1n) is 6.64. The highest BCUT2D eigenvalue weighted by Gasteiger charge is 2.18. The molecule has 116 valence electrons. The Kier molecular flexibility index (Phi) is 4.82. The molecule has 0 saturated heterocycles. The number of hydrogen-bond acceptors (Lipinski definition) is 4. The highest BCUT2D eigenvalue weighted by atomic mass is 32.2. The Morgan fingerprint density at radius 1 is 1.14 bits per heavy atom. The minimum absolute atomic E-state index is 0.164. The number of aryl methyl sites for hydroxylation is 1. The number of carbonyl (C=O) groups is 1. The van der Waals surface area contributed by atoms with Crippen molar-refractivity contribution in [3.05, 3.63) is 65.2 Å². The number of esters is 1. The Bertz CT molecular complexity index is 770. The van der Waals surface area contributed by atoms with Crippen molar-refractivity contribution in [3.8, 4) is 0 Å². The fraction of sp³-hybridized carbons (Fsp3) is 0.188. The van der Waals surface area contributed by atoms with Crippen LogP contribution in [0.3, 0.4) is 0 Å². The molecule has 2 aromatic rings. The van der Waals surface area contributed by atoms with Gasteiger partial charge in [-0.25, -0.2) is 13.2 Å². The van der Waals surface area contributed by atoms with Gasteiger partial charge in [0.1, 0.15) is 0 Å². The molecule has 0 spiro atoms. The van der Waals surface area contributed by atoms with Gasteiger partial charge in [-0.3, -0.25) is 4.72 Å². The zero-order chi connectivity index (χ0) is 16.2. The molecule has 0 saturated carbocycles. The fourth-order valence-electron chi connectivity index (χ4n) is 2.02. The van der Waals surface area contributed by atoms with E-state index >= 15 is 0 Å². The van der Waals surface area contributed by atoms with Crippen LogP contribution in [0.5, 0.6) is 0 Å². The third kappa shape index (κ3) is 4.08. The van der Waals surface area contributed by atoms with Gasteiger partial charge in [-0.2, -0.15) is 0 Å². The van der Waals surface area contributed by atoms with E-state index in [9.17, 15) is 13.2 Å². The number of nitrogens with one attached hydrogen (secondary N) is 1. The number of sulfonamides is 1. The van der Waals surface area contributed by atoms with E-state index in [-0.39, 0.29) is 17.0 Å². The first-order valence-corrected chi connectivity index (χ1v) is 8.30. The largest absolute Gasteiger partial charge is 0.465 e. The van der Waals surface area contributed by atoms with Crippen molar-refractivity contribution in [2.45, 2.75) is 12.7 Å². The molecule has 2 aromatic carbocycles. The minimum atomic E-state index is -3.62. The van der Waals surface area contributed by atoms with Crippen molar-refractivity contribution in [1.29, 1.82) is 0 Å². The zero-order valence-corrected chi connectivity index (χ0v) is 13.2. The molecule has 22 heavy (non-hydrogen) atoms. The molecule has 0 unspecified atom stereocenters. The first-order chi connectivity index (χ1) is 10.4. The predicted molar refractivity (Wildman–Crippen MR) is 85.2 cm³/mol. The van der Waals surface area contributed by atoms with Crippen LogP contribution in [0.2, 0.25) is 0 Å². The van der Waals surface area contributed by atoms with Crippen molar-refractivity contribution in [2.24, 2.45) is 0 Å². The number of anilines is 1. The molecular weight excluding hydrogens is 302 g/mol. The van der Waals surface area contributed by atoms with E-state index in [4.69, 9.17) is 4.74 Å². The van der Waals surface area contributed by atoms with Crippen LogP contribution in [0.4, 0.5) is 5.69 Å². The summed E-state index contributed by atoms with van der Waals surface area (Å²) in [6, 6.07) is 13.7. The van der Waals surface area contributed by atoms with E-state index in [1.54, 1.807) is 42.5 Å². The molecule has 2 rings (SSSR count). The summed E-state index contributed by atoms with van der Waals surface area (Å²) in [5, 5.41) is 0. The smallest absolute Gasteiger partial charge is 0.340 e. The lowest BCUT2D eigenvalue weighted by Crippen LogP contribution is -2.17. The normalized spacial score (nSPS) is 11.0. The number of methoxy groups -OCH3 is 1. The van der Waals surface area contributed by atoms with Crippen LogP contribution in [0, 0.1) is 6.92 Å². The molecule has 0 aromatic heterocycles. The molecule has 1 N–H and O–H groups in total. The number of ether oxygens (including phenoxy) is 1. The molecule has 0 atom stereocenters. The third-order valence-corrected chi connectivity index (χ3v) is 4.29. The standard InChI is InChI=1S/C16H17NO4S/c1-12-8-9-15(14(10-12)16(18)21-2)17-22(19,20)11-13-6-4-3-5-7-13/h3-10,17H,11H2,1-2H3. The van der Waals surface area contributed by atoms with Gasteiger partial charge in [0.25, 0.3) is 0 Å². The molecule has 0 aliphatic carbocycles. The summed E-state index contributed by atoms with van der Waals surface area (Å²) in [6.07, 6.45) is 0. The van der Waals surface area contributed by atoms with Gasteiger partial charge in [-0.05, 0) is 24.6 Å². The molecule has 0 radical (unpaired) electrons. The van der Waals surface area contributed by atoms with E-state index in [1.807, 2.05) is 13.0 Å². The monoisotopic (exact) mass is 319 g/mol. The number of rotatable bonds is 5. The maximum atomic E-state index is 12.3. The Balaban J connectivity index is 2.28. The molecule has 0 aliphatic heterocycles. The molecule has 0 heterocycles. The lowest BCUT2D eigenvalue weighted by atomic mass is 10.1. The zero-order valence-electron chi connectivity index (χ0n) is 12.4. The summed E-state index contributed by atoms with van der Waals surface area (Å²) < 4.78 is 31.6. The number of benzene rings is 2. The Morgan fingerprint density at radius 2 is 1.82 bits per heavy atom. The van der Waals surface area contributed by atoms with Gasteiger partial charge in [0.2, 0.25) is 10.0 Å². The second-order valence-corrected chi connectivity index (χ2v) is 6.61. The predicted octanol–water partition coefficient (Wildman–Crippen LogP) is 2.72. The molecule has 0 amide bonds. The maximum Gasteiger partial charge on any atom is 0.340 e. The summed E-state index contributed by atoms with van der Waals surface area (Å²) in [5.74, 6) is -0.747. The van der Waals surface area contributed by atoms with Crippen molar-refractivity contribution in [3.63, 3.8) is 0 Å². The van der Waals surface area contributed by atoms with Gasteiger partial charge in [0, 0.05) is 0 Å². The average molecular weight is 319 g/mol. The van der Waals surface area contributed by atoms with Gasteiger partial charge < -0.3 is 4.74 Å². The molecule has 0 fully saturated rings. The van der Waals surface area contributed by atoms with E-state index in [0.29, 0.717) is 5.56 Å². The van der Waals surface area contributed by atoms with Gasteiger partial charge in [0.05, 0.1) is 24.1 Å². The van der Waals surface area contributed by atoms with Crippen LogP contribution in [0.1, 0.15) is 21.5 Å². The van der Waals surface area contributed by atoms with Crippen LogP contribution >= 0.6 is 0 Å². The highest BCUT2D eigenvalue weighted by molar-refractivity contribution is 7.91. The van der Waals surface area contributed by atoms with Crippen LogP contribution in [-0.4, -0.2) is 21.5 Å². The number of carbonyl (C=O) groups excluding carboxylic acids is 1. The quantitative estimate of drug-likeness (QED) is 0.860. The van der Waals surface area contributed by atoms with Crippen LogP contribution in [0.25, 0.3) is 0 Å². The summed E-state index contributed by atoms with van der Waals surface area (Å²) in [7, 11) is -2.37. The van der Waals surface area contributed by atoms with E-state index in [2.05, 4.69) is 4.72 Å². The van der Waals surface area contributed by atoms with Gasteiger partial charge in [-0.15, -0.1) is 0 Å². The topological polar surface area (TPSA) is 72.5 Å². The molecule has 6 heteroatoms. The lowest BCUT2D eigenvalue weighted by Gasteiger charge is -2.12. The van der Waals surface area contributed by atoms with Crippen LogP contribution < -0.4 is 4.72 Å². The lowest BCUT2D eigenvalue weighted by molar-refractivity contribution is 0.0602.